The van der Waals surface area contributed by atoms with Crippen molar-refractivity contribution in [2.75, 3.05) is 26.3 Å². The Morgan fingerprint density at radius 2 is 1.87 bits per heavy atom. The average molecular weight is 392 g/mol. The molecule has 5 heteroatoms. The maximum absolute atomic E-state index is 6.02. The lowest BCUT2D eigenvalue weighted by Crippen LogP contribution is -2.40. The van der Waals surface area contributed by atoms with Gasteiger partial charge in [0.1, 0.15) is 17.3 Å². The lowest BCUT2D eigenvalue weighted by atomic mass is 10.1. The van der Waals surface area contributed by atoms with Gasteiger partial charge in [-0.3, -0.25) is 0 Å². The van der Waals surface area contributed by atoms with Crippen molar-refractivity contribution in [1.82, 2.24) is 4.90 Å². The van der Waals surface area contributed by atoms with Crippen LogP contribution >= 0.6 is 28.1 Å². The molecule has 120 valence electrons. The van der Waals surface area contributed by atoms with Crippen LogP contribution in [-0.4, -0.2) is 36.2 Å². The molecule has 0 N–H and O–H groups in total. The molecule has 1 heterocycles. The molecule has 0 saturated carbocycles. The van der Waals surface area contributed by atoms with Crippen LogP contribution in [0.15, 0.2) is 53.0 Å². The van der Waals surface area contributed by atoms with Crippen LogP contribution in [0.25, 0.3) is 0 Å². The molecule has 2 aromatic carbocycles. The van der Waals surface area contributed by atoms with Crippen molar-refractivity contribution >= 4 is 33.1 Å². The van der Waals surface area contributed by atoms with Gasteiger partial charge in [-0.2, -0.15) is 0 Å². The van der Waals surface area contributed by atoms with E-state index in [2.05, 4.69) is 33.0 Å². The number of hydrogen-bond donors (Lipinski definition) is 0. The third-order valence-electron chi connectivity index (χ3n) is 3.71. The predicted octanol–water partition coefficient (Wildman–Crippen LogP) is 4.04. The Labute approximate surface area is 150 Å². The van der Waals surface area contributed by atoms with E-state index in [4.69, 9.17) is 21.7 Å². The molecule has 0 radical (unpaired) electrons. The lowest BCUT2D eigenvalue weighted by molar-refractivity contribution is 0.0692. The minimum absolute atomic E-state index is 0.529. The summed E-state index contributed by atoms with van der Waals surface area (Å²) < 4.78 is 12.4. The Morgan fingerprint density at radius 1 is 1.13 bits per heavy atom. The smallest absolute Gasteiger partial charge is 0.130 e. The maximum Gasteiger partial charge on any atom is 0.130 e. The van der Waals surface area contributed by atoms with E-state index in [1.165, 1.54) is 0 Å². The number of thiocarbonyl (C=S) groups is 1. The first-order valence-electron chi connectivity index (χ1n) is 7.57. The standard InChI is InChI=1S/C18H18BrNO2S/c19-15-6-7-17(22-13-14-4-2-1-3-5-14)16(12-15)18(23)20-8-10-21-11-9-20/h1-7,12H,8-11,13H2. The third-order valence-corrected chi connectivity index (χ3v) is 4.68. The van der Waals surface area contributed by atoms with Crippen molar-refractivity contribution in [3.8, 4) is 5.75 Å². The highest BCUT2D eigenvalue weighted by Crippen LogP contribution is 2.26. The van der Waals surface area contributed by atoms with Crippen LogP contribution in [0.5, 0.6) is 5.75 Å². The van der Waals surface area contributed by atoms with Gasteiger partial charge in [-0.25, -0.2) is 0 Å². The fourth-order valence-corrected chi connectivity index (χ4v) is 3.17. The first-order valence-corrected chi connectivity index (χ1v) is 8.77. The van der Waals surface area contributed by atoms with Gasteiger partial charge < -0.3 is 14.4 Å². The lowest BCUT2D eigenvalue weighted by Gasteiger charge is -2.30. The van der Waals surface area contributed by atoms with Crippen LogP contribution in [0.1, 0.15) is 11.1 Å². The Morgan fingerprint density at radius 3 is 2.61 bits per heavy atom. The number of nitrogens with zero attached hydrogens (tertiary/aromatic N) is 1. The van der Waals surface area contributed by atoms with Crippen LogP contribution < -0.4 is 4.74 Å². The fourth-order valence-electron chi connectivity index (χ4n) is 2.47. The summed E-state index contributed by atoms with van der Waals surface area (Å²) in [6, 6.07) is 16.1. The SMILES string of the molecule is S=C(c1cc(Br)ccc1OCc1ccccc1)N1CCOCC1. The molecule has 3 nitrogen and oxygen atoms in total. The van der Waals surface area contributed by atoms with Crippen molar-refractivity contribution in [1.29, 1.82) is 0 Å². The van der Waals surface area contributed by atoms with Gasteiger partial charge in [0.25, 0.3) is 0 Å². The van der Waals surface area contributed by atoms with Gasteiger partial charge >= 0.3 is 0 Å². The van der Waals surface area contributed by atoms with Crippen LogP contribution in [0.4, 0.5) is 0 Å². The molecule has 2 aromatic rings. The summed E-state index contributed by atoms with van der Waals surface area (Å²) in [7, 11) is 0. The molecule has 3 rings (SSSR count). The molecule has 0 bridgehead atoms. The van der Waals surface area contributed by atoms with E-state index in [0.29, 0.717) is 19.8 Å². The Kier molecular flexibility index (Phi) is 5.65. The van der Waals surface area contributed by atoms with Crippen LogP contribution in [0, 0.1) is 0 Å². The highest BCUT2D eigenvalue weighted by atomic mass is 79.9. The average Bonchev–Trinajstić information content (AvgIpc) is 2.61. The second-order valence-electron chi connectivity index (χ2n) is 5.32. The van der Waals surface area contributed by atoms with Crippen molar-refractivity contribution in [3.63, 3.8) is 0 Å². The molecule has 1 saturated heterocycles. The van der Waals surface area contributed by atoms with Crippen LogP contribution in [0.2, 0.25) is 0 Å². The molecule has 1 aliphatic heterocycles. The number of halogens is 1. The van der Waals surface area contributed by atoms with E-state index in [1.54, 1.807) is 0 Å². The molecular formula is C18H18BrNO2S. The fraction of sp³-hybridized carbons (Fsp3) is 0.278. The molecule has 1 fully saturated rings. The minimum Gasteiger partial charge on any atom is -0.488 e. The van der Waals surface area contributed by atoms with Crippen molar-refractivity contribution in [2.24, 2.45) is 0 Å². The summed E-state index contributed by atoms with van der Waals surface area (Å²) in [5.74, 6) is 0.813. The Bertz CT molecular complexity index is 672. The first-order chi connectivity index (χ1) is 11.2. The van der Waals surface area contributed by atoms with E-state index in [9.17, 15) is 0 Å². The van der Waals surface area contributed by atoms with Gasteiger partial charge in [0.05, 0.1) is 18.8 Å². The van der Waals surface area contributed by atoms with Gasteiger partial charge in [-0.05, 0) is 23.8 Å². The molecular weight excluding hydrogens is 374 g/mol. The van der Waals surface area contributed by atoms with E-state index < -0.39 is 0 Å². The van der Waals surface area contributed by atoms with Crippen molar-refractivity contribution in [2.45, 2.75) is 6.61 Å². The topological polar surface area (TPSA) is 21.7 Å². The van der Waals surface area contributed by atoms with Crippen molar-refractivity contribution < 1.29 is 9.47 Å². The first kappa shape index (κ1) is 16.4. The van der Waals surface area contributed by atoms with Crippen LogP contribution in [0.3, 0.4) is 0 Å². The second-order valence-corrected chi connectivity index (χ2v) is 6.62. The number of ether oxygens (including phenoxy) is 2. The summed E-state index contributed by atoms with van der Waals surface area (Å²) in [5, 5.41) is 0. The van der Waals surface area contributed by atoms with E-state index in [1.807, 2.05) is 36.4 Å². The number of benzene rings is 2. The largest absolute Gasteiger partial charge is 0.488 e. The van der Waals surface area contributed by atoms with E-state index in [-0.39, 0.29) is 0 Å². The van der Waals surface area contributed by atoms with Crippen molar-refractivity contribution in [3.05, 3.63) is 64.1 Å². The molecule has 0 atom stereocenters. The molecule has 0 amide bonds. The van der Waals surface area contributed by atoms with Gasteiger partial charge in [-0.1, -0.05) is 58.5 Å². The van der Waals surface area contributed by atoms with Gasteiger partial charge in [0.2, 0.25) is 0 Å². The molecule has 0 aliphatic carbocycles. The van der Waals surface area contributed by atoms with Gasteiger partial charge in [0, 0.05) is 17.6 Å². The summed E-state index contributed by atoms with van der Waals surface area (Å²) in [6.07, 6.45) is 0. The van der Waals surface area contributed by atoms with E-state index >= 15 is 0 Å². The highest BCUT2D eigenvalue weighted by molar-refractivity contribution is 9.10. The maximum atomic E-state index is 6.02. The zero-order chi connectivity index (χ0) is 16.1. The number of morpholine rings is 1. The molecule has 0 spiro atoms. The van der Waals surface area contributed by atoms with Gasteiger partial charge in [0.15, 0.2) is 0 Å². The monoisotopic (exact) mass is 391 g/mol. The molecule has 1 aliphatic rings. The molecule has 0 unspecified atom stereocenters. The molecule has 0 aromatic heterocycles. The van der Waals surface area contributed by atoms with Crippen LogP contribution in [-0.2, 0) is 11.3 Å². The Balaban J connectivity index is 1.78. The highest BCUT2D eigenvalue weighted by Gasteiger charge is 2.18. The molecule has 23 heavy (non-hydrogen) atoms. The summed E-state index contributed by atoms with van der Waals surface area (Å²) in [5.41, 5.74) is 2.09. The zero-order valence-corrected chi connectivity index (χ0v) is 15.1. The van der Waals surface area contributed by atoms with Gasteiger partial charge in [-0.15, -0.1) is 0 Å². The summed E-state index contributed by atoms with van der Waals surface area (Å²) in [6.45, 7) is 3.61. The number of hydrogen-bond acceptors (Lipinski definition) is 3. The Hall–Kier alpha value is -1.43. The zero-order valence-electron chi connectivity index (χ0n) is 12.7. The van der Waals surface area contributed by atoms with E-state index in [0.717, 1.165) is 39.4 Å². The third kappa shape index (κ3) is 4.31. The quantitative estimate of drug-likeness (QED) is 0.733. The predicted molar refractivity (Wildman–Crippen MR) is 99.0 cm³/mol. The second kappa shape index (κ2) is 7.90. The minimum atomic E-state index is 0.529. The summed E-state index contributed by atoms with van der Waals surface area (Å²) in [4.78, 5) is 2.99. The normalized spacial score (nSPS) is 14.6. The summed E-state index contributed by atoms with van der Waals surface area (Å²) >= 11 is 9.21. The number of rotatable bonds is 4.